The summed E-state index contributed by atoms with van der Waals surface area (Å²) in [5, 5.41) is 16.5. The number of hydrogen-bond acceptors (Lipinski definition) is 2. The third-order valence-corrected chi connectivity index (χ3v) is 7.88. The number of fused-ring (bicyclic) bond motifs is 4. The van der Waals surface area contributed by atoms with Crippen LogP contribution in [0.2, 0.25) is 0 Å². The van der Waals surface area contributed by atoms with Crippen molar-refractivity contribution in [2.24, 2.45) is 0 Å². The summed E-state index contributed by atoms with van der Waals surface area (Å²) in [6.07, 6.45) is 0. The molecule has 0 spiro atoms. The highest BCUT2D eigenvalue weighted by Gasteiger charge is 2.22. The van der Waals surface area contributed by atoms with E-state index in [1.807, 2.05) is 18.2 Å². The Balaban J connectivity index is 1.44. The van der Waals surface area contributed by atoms with Gasteiger partial charge in [-0.15, -0.1) is 0 Å². The lowest BCUT2D eigenvalue weighted by Gasteiger charge is -2.23. The molecular formula is C37H21NO. The predicted molar refractivity (Wildman–Crippen MR) is 160 cm³/mol. The molecule has 0 aromatic heterocycles. The molecule has 7 aromatic carbocycles. The summed E-state index contributed by atoms with van der Waals surface area (Å²) in [5.41, 5.74) is 7.65. The topological polar surface area (TPSA) is 33.0 Å². The molecule has 1 aliphatic rings. The second-order valence-corrected chi connectivity index (χ2v) is 10.0. The van der Waals surface area contributed by atoms with Gasteiger partial charge in [0, 0.05) is 10.9 Å². The van der Waals surface area contributed by atoms with Crippen molar-refractivity contribution < 1.29 is 4.74 Å². The molecular weight excluding hydrogens is 474 g/mol. The second-order valence-electron chi connectivity index (χ2n) is 10.0. The maximum absolute atomic E-state index is 9.33. The first-order valence-electron chi connectivity index (χ1n) is 13.1. The SMILES string of the molecule is N#Cc1ccc(-c2c3ccccc3c(-c3ccc4c(c3)-c3cccc5cccc(c35)O4)c3ccccc23)cc1. The van der Waals surface area contributed by atoms with Crippen LogP contribution in [0.5, 0.6) is 11.5 Å². The molecule has 0 fully saturated rings. The lowest BCUT2D eigenvalue weighted by atomic mass is 9.85. The Morgan fingerprint density at radius 3 is 1.72 bits per heavy atom. The van der Waals surface area contributed by atoms with Crippen LogP contribution in [-0.4, -0.2) is 0 Å². The van der Waals surface area contributed by atoms with Crippen molar-refractivity contribution in [1.82, 2.24) is 0 Å². The normalized spacial score (nSPS) is 11.8. The number of rotatable bonds is 2. The van der Waals surface area contributed by atoms with Gasteiger partial charge in [0.15, 0.2) is 0 Å². The average Bonchev–Trinajstić information content (AvgIpc) is 3.00. The highest BCUT2D eigenvalue weighted by molar-refractivity contribution is 6.21. The lowest BCUT2D eigenvalue weighted by Crippen LogP contribution is -1.97. The summed E-state index contributed by atoms with van der Waals surface area (Å²) in [6.45, 7) is 0. The van der Waals surface area contributed by atoms with Crippen LogP contribution in [0.15, 0.2) is 127 Å². The first-order chi connectivity index (χ1) is 19.3. The number of nitriles is 1. The Labute approximate surface area is 226 Å². The molecule has 0 radical (unpaired) electrons. The van der Waals surface area contributed by atoms with E-state index < -0.39 is 0 Å². The first-order valence-corrected chi connectivity index (χ1v) is 13.1. The number of ether oxygens (including phenoxy) is 1. The standard InChI is InChI=1S/C37H21NO/c38-22-23-15-17-25(18-16-23)35-27-9-1-3-11-29(27)36(30-12-4-2-10-28(30)35)26-19-20-33-32(21-26)31-13-5-7-24-8-6-14-34(39-33)37(24)31/h1-21H. The summed E-state index contributed by atoms with van der Waals surface area (Å²) < 4.78 is 6.39. The zero-order valence-electron chi connectivity index (χ0n) is 21.0. The van der Waals surface area contributed by atoms with E-state index in [0.717, 1.165) is 33.6 Å². The van der Waals surface area contributed by atoms with Crippen LogP contribution in [0.25, 0.3) is 65.7 Å². The molecule has 1 heterocycles. The molecule has 0 aliphatic carbocycles. The van der Waals surface area contributed by atoms with Gasteiger partial charge in [0.25, 0.3) is 0 Å². The Hall–Kier alpha value is -5.39. The fourth-order valence-corrected chi connectivity index (χ4v) is 6.18. The summed E-state index contributed by atoms with van der Waals surface area (Å²) in [5.74, 6) is 1.79. The smallest absolute Gasteiger partial charge is 0.135 e. The molecule has 0 amide bonds. The van der Waals surface area contributed by atoms with E-state index in [2.05, 4.69) is 115 Å². The number of hydrogen-bond donors (Lipinski definition) is 0. The number of nitrogens with zero attached hydrogens (tertiary/aromatic N) is 1. The van der Waals surface area contributed by atoms with Crippen molar-refractivity contribution in [3.05, 3.63) is 133 Å². The van der Waals surface area contributed by atoms with Crippen molar-refractivity contribution in [1.29, 1.82) is 5.26 Å². The molecule has 2 nitrogen and oxygen atoms in total. The Bertz CT molecular complexity index is 2090. The molecule has 0 bridgehead atoms. The van der Waals surface area contributed by atoms with Crippen LogP contribution in [0.1, 0.15) is 5.56 Å². The van der Waals surface area contributed by atoms with Crippen molar-refractivity contribution in [2.45, 2.75) is 0 Å². The van der Waals surface area contributed by atoms with Gasteiger partial charge in [0.1, 0.15) is 11.5 Å². The lowest BCUT2D eigenvalue weighted by molar-refractivity contribution is 0.487. The van der Waals surface area contributed by atoms with Gasteiger partial charge in [0.05, 0.1) is 11.6 Å². The van der Waals surface area contributed by atoms with Crippen LogP contribution in [0.3, 0.4) is 0 Å². The van der Waals surface area contributed by atoms with Gasteiger partial charge in [-0.05, 0) is 85.1 Å². The van der Waals surface area contributed by atoms with Gasteiger partial charge in [0.2, 0.25) is 0 Å². The van der Waals surface area contributed by atoms with Gasteiger partial charge in [-0.25, -0.2) is 0 Å². The minimum Gasteiger partial charge on any atom is -0.456 e. The molecule has 7 aromatic rings. The molecule has 1 aliphatic heterocycles. The summed E-state index contributed by atoms with van der Waals surface area (Å²) >= 11 is 0. The van der Waals surface area contributed by atoms with Crippen LogP contribution < -0.4 is 4.74 Å². The highest BCUT2D eigenvalue weighted by atomic mass is 16.5. The summed E-state index contributed by atoms with van der Waals surface area (Å²) in [7, 11) is 0. The third kappa shape index (κ3) is 3.21. The largest absolute Gasteiger partial charge is 0.456 e. The molecule has 0 unspecified atom stereocenters. The maximum Gasteiger partial charge on any atom is 0.135 e. The van der Waals surface area contributed by atoms with Crippen LogP contribution >= 0.6 is 0 Å². The minimum atomic E-state index is 0.664. The molecule has 0 saturated heterocycles. The second kappa shape index (κ2) is 8.31. The van der Waals surface area contributed by atoms with Crippen LogP contribution in [0, 0.1) is 11.3 Å². The van der Waals surface area contributed by atoms with E-state index in [1.54, 1.807) is 0 Å². The van der Waals surface area contributed by atoms with E-state index in [-0.39, 0.29) is 0 Å². The predicted octanol–water partition coefficient (Wildman–Crippen LogP) is 10.1. The average molecular weight is 496 g/mol. The van der Waals surface area contributed by atoms with Gasteiger partial charge in [-0.2, -0.15) is 5.26 Å². The fourth-order valence-electron chi connectivity index (χ4n) is 6.18. The van der Waals surface area contributed by atoms with Crippen LogP contribution in [0.4, 0.5) is 0 Å². The Kier molecular flexibility index (Phi) is 4.62. The molecule has 0 N–H and O–H groups in total. The van der Waals surface area contributed by atoms with E-state index in [1.165, 1.54) is 43.6 Å². The van der Waals surface area contributed by atoms with Gasteiger partial charge in [-0.3, -0.25) is 0 Å². The molecule has 2 heteroatoms. The quantitative estimate of drug-likeness (QED) is 0.224. The summed E-state index contributed by atoms with van der Waals surface area (Å²) in [4.78, 5) is 0. The fraction of sp³-hybridized carbons (Fsp3) is 0. The third-order valence-electron chi connectivity index (χ3n) is 7.88. The maximum atomic E-state index is 9.33. The van der Waals surface area contributed by atoms with Gasteiger partial charge < -0.3 is 4.74 Å². The van der Waals surface area contributed by atoms with Crippen molar-refractivity contribution in [2.75, 3.05) is 0 Å². The zero-order valence-corrected chi connectivity index (χ0v) is 21.0. The van der Waals surface area contributed by atoms with E-state index >= 15 is 0 Å². The Morgan fingerprint density at radius 1 is 0.487 bits per heavy atom. The zero-order chi connectivity index (χ0) is 25.9. The van der Waals surface area contributed by atoms with E-state index in [0.29, 0.717) is 5.56 Å². The minimum absolute atomic E-state index is 0.664. The monoisotopic (exact) mass is 495 g/mol. The van der Waals surface area contributed by atoms with Gasteiger partial charge in [-0.1, -0.05) is 97.1 Å². The van der Waals surface area contributed by atoms with Crippen LogP contribution in [-0.2, 0) is 0 Å². The van der Waals surface area contributed by atoms with Crippen molar-refractivity contribution >= 4 is 32.3 Å². The van der Waals surface area contributed by atoms with Crippen molar-refractivity contribution in [3.8, 4) is 50.9 Å². The molecule has 0 saturated carbocycles. The van der Waals surface area contributed by atoms with E-state index in [4.69, 9.17) is 4.74 Å². The van der Waals surface area contributed by atoms with Crippen molar-refractivity contribution in [3.63, 3.8) is 0 Å². The van der Waals surface area contributed by atoms with Gasteiger partial charge >= 0.3 is 0 Å². The molecule has 0 atom stereocenters. The van der Waals surface area contributed by atoms with E-state index in [9.17, 15) is 5.26 Å². The molecule has 180 valence electrons. The Morgan fingerprint density at radius 2 is 1.08 bits per heavy atom. The molecule has 8 rings (SSSR count). The highest BCUT2D eigenvalue weighted by Crippen LogP contribution is 2.49. The summed E-state index contributed by atoms with van der Waals surface area (Å²) in [6, 6.07) is 46.7. The molecule has 39 heavy (non-hydrogen) atoms. The first kappa shape index (κ1) is 21.7. The number of benzene rings is 7.